The molecule has 2 atom stereocenters. The lowest BCUT2D eigenvalue weighted by molar-refractivity contribution is 0.315. The second-order valence-corrected chi connectivity index (χ2v) is 6.24. The van der Waals surface area contributed by atoms with Crippen LogP contribution in [0.4, 0.5) is 0 Å². The number of hydrogen-bond acceptors (Lipinski definition) is 3. The van der Waals surface area contributed by atoms with Crippen molar-refractivity contribution in [3.8, 4) is 0 Å². The molecule has 5 nitrogen and oxygen atoms in total. The summed E-state index contributed by atoms with van der Waals surface area (Å²) in [5.41, 5.74) is 1.10. The Bertz CT molecular complexity index is 467. The van der Waals surface area contributed by atoms with Gasteiger partial charge in [-0.3, -0.25) is 4.90 Å². The summed E-state index contributed by atoms with van der Waals surface area (Å²) in [4.78, 5) is 7.28. The molecular formula is C16H26N4O. The number of rotatable bonds is 5. The van der Waals surface area contributed by atoms with Gasteiger partial charge in [0.15, 0.2) is 5.96 Å². The molecule has 21 heavy (non-hydrogen) atoms. The van der Waals surface area contributed by atoms with Crippen LogP contribution < -0.4 is 10.6 Å². The topological polar surface area (TPSA) is 52.8 Å². The summed E-state index contributed by atoms with van der Waals surface area (Å²) < 4.78 is 5.09. The summed E-state index contributed by atoms with van der Waals surface area (Å²) in [6.07, 6.45) is 6.21. The van der Waals surface area contributed by atoms with E-state index in [0.29, 0.717) is 18.5 Å². The summed E-state index contributed by atoms with van der Waals surface area (Å²) in [6, 6.07) is 3.30. The van der Waals surface area contributed by atoms with Crippen molar-refractivity contribution in [3.63, 3.8) is 0 Å². The first-order chi connectivity index (χ1) is 10.3. The van der Waals surface area contributed by atoms with Crippen molar-refractivity contribution >= 4 is 5.96 Å². The Kier molecular flexibility index (Phi) is 4.48. The van der Waals surface area contributed by atoms with E-state index in [1.165, 1.54) is 19.4 Å². The number of nitrogens with zero attached hydrogens (tertiary/aromatic N) is 2. The SMILES string of the molecule is CCNC(=NCc1ccoc1)NC1CN(C2CC2)CC1C. The molecule has 116 valence electrons. The lowest BCUT2D eigenvalue weighted by atomic mass is 10.1. The van der Waals surface area contributed by atoms with Crippen molar-refractivity contribution in [1.82, 2.24) is 15.5 Å². The van der Waals surface area contributed by atoms with Gasteiger partial charge in [-0.15, -0.1) is 0 Å². The molecule has 2 fully saturated rings. The van der Waals surface area contributed by atoms with Gasteiger partial charge >= 0.3 is 0 Å². The van der Waals surface area contributed by atoms with Crippen LogP contribution in [0.1, 0.15) is 32.3 Å². The highest BCUT2D eigenvalue weighted by atomic mass is 16.3. The highest BCUT2D eigenvalue weighted by Gasteiger charge is 2.38. The molecule has 1 saturated carbocycles. The van der Waals surface area contributed by atoms with Crippen LogP contribution in [0.25, 0.3) is 0 Å². The fourth-order valence-electron chi connectivity index (χ4n) is 2.98. The molecule has 1 aliphatic carbocycles. The van der Waals surface area contributed by atoms with Crippen LogP contribution >= 0.6 is 0 Å². The predicted molar refractivity (Wildman–Crippen MR) is 84.2 cm³/mol. The van der Waals surface area contributed by atoms with Crippen molar-refractivity contribution in [1.29, 1.82) is 0 Å². The number of nitrogens with one attached hydrogen (secondary N) is 2. The van der Waals surface area contributed by atoms with Gasteiger partial charge in [-0.1, -0.05) is 6.92 Å². The van der Waals surface area contributed by atoms with Crippen LogP contribution in [0.2, 0.25) is 0 Å². The van der Waals surface area contributed by atoms with Crippen molar-refractivity contribution in [2.75, 3.05) is 19.6 Å². The van der Waals surface area contributed by atoms with Crippen LogP contribution in [-0.4, -0.2) is 42.6 Å². The van der Waals surface area contributed by atoms with E-state index in [1.807, 2.05) is 6.07 Å². The monoisotopic (exact) mass is 290 g/mol. The summed E-state index contributed by atoms with van der Waals surface area (Å²) in [5, 5.41) is 6.95. The zero-order chi connectivity index (χ0) is 14.7. The minimum Gasteiger partial charge on any atom is -0.472 e. The molecule has 5 heteroatoms. The number of guanidine groups is 1. The van der Waals surface area contributed by atoms with Crippen molar-refractivity contribution in [3.05, 3.63) is 24.2 Å². The van der Waals surface area contributed by atoms with E-state index in [0.717, 1.165) is 30.7 Å². The van der Waals surface area contributed by atoms with E-state index < -0.39 is 0 Å². The molecule has 1 aromatic heterocycles. The number of furan rings is 1. The first-order valence-corrected chi connectivity index (χ1v) is 8.06. The molecule has 1 aliphatic heterocycles. The van der Waals surface area contributed by atoms with Crippen LogP contribution in [0.15, 0.2) is 28.0 Å². The summed E-state index contributed by atoms with van der Waals surface area (Å²) in [5.74, 6) is 1.58. The average Bonchev–Trinajstić information content (AvgIpc) is 3.07. The van der Waals surface area contributed by atoms with E-state index in [9.17, 15) is 0 Å². The van der Waals surface area contributed by atoms with Gasteiger partial charge < -0.3 is 15.1 Å². The lowest BCUT2D eigenvalue weighted by Gasteiger charge is -2.20. The van der Waals surface area contributed by atoms with Crippen LogP contribution in [-0.2, 0) is 6.54 Å². The lowest BCUT2D eigenvalue weighted by Crippen LogP contribution is -2.46. The van der Waals surface area contributed by atoms with Crippen molar-refractivity contribution in [2.24, 2.45) is 10.9 Å². The normalized spacial score (nSPS) is 27.0. The molecule has 3 rings (SSSR count). The minimum absolute atomic E-state index is 0.493. The molecule has 0 radical (unpaired) electrons. The first kappa shape index (κ1) is 14.4. The summed E-state index contributed by atoms with van der Waals surface area (Å²) in [7, 11) is 0. The maximum absolute atomic E-state index is 5.09. The second-order valence-electron chi connectivity index (χ2n) is 6.24. The van der Waals surface area contributed by atoms with Gasteiger partial charge in [0.2, 0.25) is 0 Å². The van der Waals surface area contributed by atoms with Crippen LogP contribution in [0.5, 0.6) is 0 Å². The molecule has 1 aromatic rings. The zero-order valence-electron chi connectivity index (χ0n) is 13.0. The molecule has 2 aliphatic rings. The summed E-state index contributed by atoms with van der Waals surface area (Å²) in [6.45, 7) is 8.32. The third kappa shape index (κ3) is 3.79. The zero-order valence-corrected chi connectivity index (χ0v) is 13.0. The standard InChI is InChI=1S/C16H26N4O/c1-3-17-16(18-8-13-6-7-21-11-13)19-15-10-20(9-12(15)2)14-4-5-14/h6-7,11-12,14-15H,3-5,8-10H2,1-2H3,(H2,17,18,19). The smallest absolute Gasteiger partial charge is 0.191 e. The van der Waals surface area contributed by atoms with E-state index in [2.05, 4.69) is 34.4 Å². The number of hydrogen-bond donors (Lipinski definition) is 2. The van der Waals surface area contributed by atoms with Crippen molar-refractivity contribution < 1.29 is 4.42 Å². The maximum atomic E-state index is 5.09. The fraction of sp³-hybridized carbons (Fsp3) is 0.688. The molecule has 0 aromatic carbocycles. The molecule has 0 amide bonds. The van der Waals surface area contributed by atoms with E-state index in [-0.39, 0.29) is 0 Å². The van der Waals surface area contributed by atoms with Crippen molar-refractivity contribution in [2.45, 2.75) is 45.3 Å². The van der Waals surface area contributed by atoms with Gasteiger partial charge in [0, 0.05) is 37.3 Å². The van der Waals surface area contributed by atoms with Gasteiger partial charge in [-0.25, -0.2) is 4.99 Å². The quantitative estimate of drug-likeness (QED) is 0.641. The highest BCUT2D eigenvalue weighted by molar-refractivity contribution is 5.80. The Balaban J connectivity index is 1.57. The van der Waals surface area contributed by atoms with Gasteiger partial charge in [0.1, 0.15) is 0 Å². The van der Waals surface area contributed by atoms with Crippen LogP contribution in [0.3, 0.4) is 0 Å². The van der Waals surface area contributed by atoms with E-state index in [1.54, 1.807) is 12.5 Å². The Hall–Kier alpha value is -1.49. The molecule has 0 spiro atoms. The predicted octanol–water partition coefficient (Wildman–Crippen LogP) is 1.82. The third-order valence-electron chi connectivity index (χ3n) is 4.37. The van der Waals surface area contributed by atoms with Crippen LogP contribution in [0, 0.1) is 5.92 Å². The number of likely N-dealkylation sites (tertiary alicyclic amines) is 1. The van der Waals surface area contributed by atoms with Gasteiger partial charge in [-0.05, 0) is 31.7 Å². The average molecular weight is 290 g/mol. The van der Waals surface area contributed by atoms with E-state index in [4.69, 9.17) is 4.42 Å². The molecule has 2 unspecified atom stereocenters. The molecule has 0 bridgehead atoms. The molecule has 1 saturated heterocycles. The number of aliphatic imine (C=N–C) groups is 1. The first-order valence-electron chi connectivity index (χ1n) is 8.06. The Morgan fingerprint density at radius 1 is 1.43 bits per heavy atom. The largest absolute Gasteiger partial charge is 0.472 e. The molecule has 2 heterocycles. The third-order valence-corrected chi connectivity index (χ3v) is 4.37. The van der Waals surface area contributed by atoms with E-state index >= 15 is 0 Å². The Labute approximate surface area is 126 Å². The minimum atomic E-state index is 0.493. The van der Waals surface area contributed by atoms with Gasteiger partial charge in [0.05, 0.1) is 19.1 Å². The Morgan fingerprint density at radius 2 is 2.29 bits per heavy atom. The summed E-state index contributed by atoms with van der Waals surface area (Å²) >= 11 is 0. The van der Waals surface area contributed by atoms with Gasteiger partial charge in [-0.2, -0.15) is 0 Å². The maximum Gasteiger partial charge on any atom is 0.191 e. The molecular weight excluding hydrogens is 264 g/mol. The fourth-order valence-corrected chi connectivity index (χ4v) is 2.98. The Morgan fingerprint density at radius 3 is 2.95 bits per heavy atom. The second kappa shape index (κ2) is 6.52. The highest BCUT2D eigenvalue weighted by Crippen LogP contribution is 2.31. The molecule has 2 N–H and O–H groups in total. The van der Waals surface area contributed by atoms with Gasteiger partial charge in [0.25, 0.3) is 0 Å².